The van der Waals surface area contributed by atoms with Crippen molar-refractivity contribution in [3.63, 3.8) is 0 Å². The molecule has 0 radical (unpaired) electrons. The number of amides is 1. The van der Waals surface area contributed by atoms with E-state index < -0.39 is 6.10 Å². The van der Waals surface area contributed by atoms with Gasteiger partial charge in [0.25, 0.3) is 5.91 Å². The lowest BCUT2D eigenvalue weighted by molar-refractivity contribution is -0.127. The molecule has 5 nitrogen and oxygen atoms in total. The first-order valence-corrected chi connectivity index (χ1v) is 8.40. The Morgan fingerprint density at radius 1 is 1.45 bits per heavy atom. The maximum atomic E-state index is 12.1. The number of nitrogens with one attached hydrogen (secondary N) is 1. The number of ether oxygens (including phenoxy) is 1. The van der Waals surface area contributed by atoms with Crippen molar-refractivity contribution in [3.05, 3.63) is 52.2 Å². The second-order valence-electron chi connectivity index (χ2n) is 4.76. The van der Waals surface area contributed by atoms with Gasteiger partial charge >= 0.3 is 0 Å². The molecule has 0 spiro atoms. The molecule has 0 saturated carbocycles. The molecule has 1 N–H and O–H groups in total. The second-order valence-corrected chi connectivity index (χ2v) is 6.55. The smallest absolute Gasteiger partial charge is 0.261 e. The minimum Gasteiger partial charge on any atom is -0.481 e. The van der Waals surface area contributed by atoms with Gasteiger partial charge in [0, 0.05) is 22.2 Å². The van der Waals surface area contributed by atoms with Gasteiger partial charge in [-0.2, -0.15) is 0 Å². The molecule has 3 rings (SSSR count). The van der Waals surface area contributed by atoms with Gasteiger partial charge < -0.3 is 10.1 Å². The molecule has 0 aliphatic rings. The van der Waals surface area contributed by atoms with Crippen molar-refractivity contribution in [2.45, 2.75) is 19.6 Å². The third-order valence-electron chi connectivity index (χ3n) is 3.08. The molecule has 3 aromatic rings. The highest BCUT2D eigenvalue weighted by Crippen LogP contribution is 2.17. The standard InChI is InChI=1S/C15H14BrN3O2S/c1-10(21-13-4-2-11(16)3-5-13)14(20)17-8-12-9-19-6-7-22-15(19)18-12/h2-7,9-10H,8H2,1H3,(H,17,20). The molecular weight excluding hydrogens is 366 g/mol. The van der Waals surface area contributed by atoms with E-state index in [1.165, 1.54) is 0 Å². The van der Waals surface area contributed by atoms with Gasteiger partial charge in [0.05, 0.1) is 12.2 Å². The Hall–Kier alpha value is -1.86. The number of hydrogen-bond acceptors (Lipinski definition) is 4. The van der Waals surface area contributed by atoms with Crippen LogP contribution in [0.15, 0.2) is 46.5 Å². The number of rotatable bonds is 5. The summed E-state index contributed by atoms with van der Waals surface area (Å²) < 4.78 is 8.51. The van der Waals surface area contributed by atoms with E-state index in [1.807, 2.05) is 46.4 Å². The molecule has 0 fully saturated rings. The van der Waals surface area contributed by atoms with Crippen molar-refractivity contribution >= 4 is 38.1 Å². The molecule has 0 aliphatic heterocycles. The Morgan fingerprint density at radius 2 is 2.23 bits per heavy atom. The Morgan fingerprint density at radius 3 is 2.95 bits per heavy atom. The average molecular weight is 380 g/mol. The molecule has 114 valence electrons. The zero-order chi connectivity index (χ0) is 15.5. The molecule has 1 aromatic carbocycles. The van der Waals surface area contributed by atoms with Gasteiger partial charge in [0.15, 0.2) is 11.1 Å². The molecule has 0 bridgehead atoms. The van der Waals surface area contributed by atoms with Gasteiger partial charge in [-0.25, -0.2) is 4.98 Å². The molecule has 7 heteroatoms. The predicted molar refractivity (Wildman–Crippen MR) is 89.1 cm³/mol. The molecule has 1 unspecified atom stereocenters. The van der Waals surface area contributed by atoms with Crippen LogP contribution in [-0.2, 0) is 11.3 Å². The SMILES string of the molecule is CC(Oc1ccc(Br)cc1)C(=O)NCc1cn2ccsc2n1. The van der Waals surface area contributed by atoms with E-state index in [0.717, 1.165) is 15.1 Å². The molecule has 2 aromatic heterocycles. The largest absolute Gasteiger partial charge is 0.481 e. The number of thiazole rings is 1. The summed E-state index contributed by atoms with van der Waals surface area (Å²) in [5.74, 6) is 0.493. The first-order valence-electron chi connectivity index (χ1n) is 6.73. The quantitative estimate of drug-likeness (QED) is 0.740. The summed E-state index contributed by atoms with van der Waals surface area (Å²) in [6, 6.07) is 7.38. The number of nitrogens with zero attached hydrogens (tertiary/aromatic N) is 2. The van der Waals surface area contributed by atoms with Crippen LogP contribution in [0.5, 0.6) is 5.75 Å². The zero-order valence-electron chi connectivity index (χ0n) is 11.8. The summed E-state index contributed by atoms with van der Waals surface area (Å²) >= 11 is 4.92. The monoisotopic (exact) mass is 379 g/mol. The number of carbonyl (C=O) groups is 1. The van der Waals surface area contributed by atoms with Gasteiger partial charge in [-0.1, -0.05) is 15.9 Å². The first kappa shape index (κ1) is 15.1. The summed E-state index contributed by atoms with van der Waals surface area (Å²) in [5, 5.41) is 4.81. The predicted octanol–water partition coefficient (Wildman–Crippen LogP) is 3.24. The van der Waals surface area contributed by atoms with Crippen LogP contribution in [0.2, 0.25) is 0 Å². The fourth-order valence-electron chi connectivity index (χ4n) is 1.95. The van der Waals surface area contributed by atoms with E-state index in [4.69, 9.17) is 4.74 Å². The number of carbonyl (C=O) groups excluding carboxylic acids is 1. The summed E-state index contributed by atoms with van der Waals surface area (Å²) in [6.45, 7) is 2.12. The van der Waals surface area contributed by atoms with Gasteiger partial charge in [-0.15, -0.1) is 11.3 Å². The number of halogens is 1. The first-order chi connectivity index (χ1) is 10.6. The van der Waals surface area contributed by atoms with Crippen molar-refractivity contribution in [1.29, 1.82) is 0 Å². The third-order valence-corrected chi connectivity index (χ3v) is 4.38. The third kappa shape index (κ3) is 3.48. The highest BCUT2D eigenvalue weighted by Gasteiger charge is 2.15. The number of imidazole rings is 1. The maximum absolute atomic E-state index is 12.1. The second kappa shape index (κ2) is 6.50. The number of aromatic nitrogens is 2. The lowest BCUT2D eigenvalue weighted by atomic mass is 10.3. The van der Waals surface area contributed by atoms with E-state index in [-0.39, 0.29) is 5.91 Å². The van der Waals surface area contributed by atoms with Crippen molar-refractivity contribution in [2.24, 2.45) is 0 Å². The molecule has 0 saturated heterocycles. The van der Waals surface area contributed by atoms with Crippen LogP contribution in [0.3, 0.4) is 0 Å². The molecular formula is C15H14BrN3O2S. The van der Waals surface area contributed by atoms with Crippen LogP contribution in [-0.4, -0.2) is 21.4 Å². The molecule has 22 heavy (non-hydrogen) atoms. The summed E-state index contributed by atoms with van der Waals surface area (Å²) in [4.78, 5) is 17.4. The Kier molecular flexibility index (Phi) is 4.44. The Balaban J connectivity index is 1.54. The van der Waals surface area contributed by atoms with Crippen molar-refractivity contribution in [1.82, 2.24) is 14.7 Å². The minimum absolute atomic E-state index is 0.167. The van der Waals surface area contributed by atoms with Crippen LogP contribution in [0.1, 0.15) is 12.6 Å². The molecule has 1 amide bonds. The lowest BCUT2D eigenvalue weighted by Crippen LogP contribution is -2.35. The lowest BCUT2D eigenvalue weighted by Gasteiger charge is -2.14. The average Bonchev–Trinajstić information content (AvgIpc) is 3.08. The van der Waals surface area contributed by atoms with Crippen LogP contribution in [0.4, 0.5) is 0 Å². The zero-order valence-corrected chi connectivity index (χ0v) is 14.2. The normalized spacial score (nSPS) is 12.3. The Bertz CT molecular complexity index is 753. The molecule has 2 heterocycles. The highest BCUT2D eigenvalue weighted by molar-refractivity contribution is 9.10. The van der Waals surface area contributed by atoms with Gasteiger partial charge in [0.1, 0.15) is 5.75 Å². The topological polar surface area (TPSA) is 55.6 Å². The van der Waals surface area contributed by atoms with Crippen LogP contribution < -0.4 is 10.1 Å². The van der Waals surface area contributed by atoms with Gasteiger partial charge in [0.2, 0.25) is 0 Å². The van der Waals surface area contributed by atoms with E-state index in [0.29, 0.717) is 12.3 Å². The number of hydrogen-bond donors (Lipinski definition) is 1. The number of benzene rings is 1. The summed E-state index contributed by atoms with van der Waals surface area (Å²) in [6.07, 6.45) is 3.29. The van der Waals surface area contributed by atoms with Crippen molar-refractivity contribution < 1.29 is 9.53 Å². The van der Waals surface area contributed by atoms with E-state index >= 15 is 0 Å². The minimum atomic E-state index is -0.565. The summed E-state index contributed by atoms with van der Waals surface area (Å²) in [5.41, 5.74) is 0.830. The van der Waals surface area contributed by atoms with E-state index in [9.17, 15) is 4.79 Å². The van der Waals surface area contributed by atoms with Gasteiger partial charge in [-0.05, 0) is 31.2 Å². The number of fused-ring (bicyclic) bond motifs is 1. The van der Waals surface area contributed by atoms with Crippen LogP contribution in [0.25, 0.3) is 4.96 Å². The molecule has 1 atom stereocenters. The highest BCUT2D eigenvalue weighted by atomic mass is 79.9. The van der Waals surface area contributed by atoms with Crippen LogP contribution >= 0.6 is 27.3 Å². The maximum Gasteiger partial charge on any atom is 0.261 e. The van der Waals surface area contributed by atoms with Gasteiger partial charge in [-0.3, -0.25) is 9.20 Å². The molecule has 0 aliphatic carbocycles. The van der Waals surface area contributed by atoms with Crippen molar-refractivity contribution in [3.8, 4) is 5.75 Å². The Labute approximate surface area is 140 Å². The van der Waals surface area contributed by atoms with E-state index in [2.05, 4.69) is 26.2 Å². The van der Waals surface area contributed by atoms with E-state index in [1.54, 1.807) is 18.3 Å². The van der Waals surface area contributed by atoms with Crippen molar-refractivity contribution in [2.75, 3.05) is 0 Å². The summed E-state index contributed by atoms with van der Waals surface area (Å²) in [7, 11) is 0. The fraction of sp³-hybridized carbons (Fsp3) is 0.200. The fourth-order valence-corrected chi connectivity index (χ4v) is 2.94. The van der Waals surface area contributed by atoms with Crippen LogP contribution in [0, 0.1) is 0 Å².